The molecule has 0 saturated carbocycles. The molecule has 0 spiro atoms. The minimum atomic E-state index is -4.21. The van der Waals surface area contributed by atoms with Gasteiger partial charge in [0.25, 0.3) is 0 Å². The molecule has 0 bridgehead atoms. The molecule has 6 heteroatoms. The topological polar surface area (TPSA) is 68.3 Å². The molecule has 0 aromatic carbocycles. The third-order valence-electron chi connectivity index (χ3n) is 0.586. The molecular weight excluding hydrogens is 609 g/mol. The van der Waals surface area contributed by atoms with Crippen LogP contribution < -0.4 is 0 Å². The van der Waals surface area contributed by atoms with E-state index in [0.29, 0.717) is 18.6 Å². The first kappa shape index (κ1) is 89.3. The van der Waals surface area contributed by atoms with Gasteiger partial charge >= 0.3 is 49.1 Å². The zero-order valence-electron chi connectivity index (χ0n) is 14.3. The summed E-state index contributed by atoms with van der Waals surface area (Å²) in [4.78, 5) is 0. The molecule has 0 unspecified atom stereocenters. The molecule has 20 heavy (non-hydrogen) atoms. The molecule has 0 radical (unpaired) electrons. The van der Waals surface area contributed by atoms with E-state index in [1.165, 1.54) is 0 Å². The van der Waals surface area contributed by atoms with Gasteiger partial charge in [0.05, 0.1) is 0 Å². The fourth-order valence-corrected chi connectivity index (χ4v) is 0.340. The van der Waals surface area contributed by atoms with Crippen molar-refractivity contribution < 1.29 is 49.1 Å². The molecule has 0 aromatic rings. The van der Waals surface area contributed by atoms with Gasteiger partial charge in [0.2, 0.25) is 0 Å². The summed E-state index contributed by atoms with van der Waals surface area (Å²) in [5.41, 5.74) is 0. The molecule has 0 aliphatic heterocycles. The minimum absolute atomic E-state index is 0. The van der Waals surface area contributed by atoms with Gasteiger partial charge < -0.3 is 66.8 Å². The third-order valence-corrected chi connectivity index (χ3v) is 0.586. The number of hydrogen-bond acceptors (Lipinski definition) is 4. The molecule has 0 heterocycles. The van der Waals surface area contributed by atoms with Crippen molar-refractivity contribution >= 4 is 0 Å². The van der Waals surface area contributed by atoms with Crippen LogP contribution >= 0.6 is 0 Å². The molecule has 0 saturated heterocycles. The monoisotopic (exact) mass is 643 g/mol. The first-order valence-electron chi connectivity index (χ1n) is 2.32. The molecule has 0 atom stereocenters. The van der Waals surface area contributed by atoms with Crippen LogP contribution in [-0.4, -0.2) is 0 Å². The van der Waals surface area contributed by atoms with E-state index in [1.807, 2.05) is 12.2 Å². The van der Waals surface area contributed by atoms with Gasteiger partial charge in [-0.2, -0.15) is 6.08 Å². The maximum absolute atomic E-state index is 8.60. The van der Waals surface area contributed by atoms with Gasteiger partial charge in [-0.3, -0.25) is 6.08 Å². The molecule has 137 valence electrons. The normalized spacial score (nSPS) is 5.85. The van der Waals surface area contributed by atoms with Crippen molar-refractivity contribution in [2.45, 2.75) is 6.42 Å². The second-order valence-electron chi connectivity index (χ2n) is 1.19. The summed E-state index contributed by atoms with van der Waals surface area (Å²) < 4.78 is 34.1. The Morgan fingerprint density at radius 2 is 1.00 bits per heavy atom. The van der Waals surface area contributed by atoms with Crippen molar-refractivity contribution in [3.8, 4) is 0 Å². The van der Waals surface area contributed by atoms with E-state index in [1.54, 1.807) is 0 Å². The van der Waals surface area contributed by atoms with Crippen molar-refractivity contribution in [3.63, 3.8) is 0 Å². The Kier molecular flexibility index (Phi) is 430. The summed E-state index contributed by atoms with van der Waals surface area (Å²) in [6.07, 6.45) is 10.0. The predicted octanol–water partition coefficient (Wildman–Crippen LogP) is 4.88. The SMILES string of the molecule is [C-]1=CC=CC1.[CH3-].[CH3-].[CH3-].[CH3-].[CH3-].[CH3-].[CH3-].[CH3-].[CH3-].[O]=[Os].[O]=[Re](=[O])=[O]. The van der Waals surface area contributed by atoms with Gasteiger partial charge in [-0.1, -0.05) is 0 Å². The molecule has 1 aliphatic rings. The van der Waals surface area contributed by atoms with Crippen LogP contribution in [0, 0.1) is 72.9 Å². The number of hydrogen-bond donors (Lipinski definition) is 0. The van der Waals surface area contributed by atoms with Crippen molar-refractivity contribution in [2.75, 3.05) is 0 Å². The average molecular weight is 641 g/mol. The molecule has 0 aromatic heterocycles. The van der Waals surface area contributed by atoms with Crippen LogP contribution in [0.3, 0.4) is 0 Å². The molecule has 1 rings (SSSR count). The number of rotatable bonds is 0. The van der Waals surface area contributed by atoms with Gasteiger partial charge in [0.15, 0.2) is 0 Å². The van der Waals surface area contributed by atoms with E-state index in [0.717, 1.165) is 6.42 Å². The second-order valence-corrected chi connectivity index (χ2v) is 2.55. The van der Waals surface area contributed by atoms with Gasteiger partial charge in [-0.05, 0) is 0 Å². The van der Waals surface area contributed by atoms with E-state index in [2.05, 4.69) is 12.2 Å². The van der Waals surface area contributed by atoms with Crippen molar-refractivity contribution in [2.24, 2.45) is 0 Å². The zero-order valence-corrected chi connectivity index (χ0v) is 19.6. The van der Waals surface area contributed by atoms with Crippen LogP contribution in [-0.2, 0) is 49.1 Å². The Balaban J connectivity index is -0.00000000576. The quantitative estimate of drug-likeness (QED) is 0.354. The zero-order chi connectivity index (χ0) is 9.11. The van der Waals surface area contributed by atoms with E-state index in [4.69, 9.17) is 13.9 Å². The summed E-state index contributed by atoms with van der Waals surface area (Å²) in [6, 6.07) is 0. The van der Waals surface area contributed by atoms with E-state index in [9.17, 15) is 0 Å². The molecular formula is C14H32O4OsRe-10. The first-order chi connectivity index (χ1) is 5.23. The van der Waals surface area contributed by atoms with Crippen molar-refractivity contribution in [1.82, 2.24) is 0 Å². The summed E-state index contributed by atoms with van der Waals surface area (Å²) in [6.45, 7) is 0. The van der Waals surface area contributed by atoms with Crippen LogP contribution in [0.25, 0.3) is 0 Å². The van der Waals surface area contributed by atoms with Gasteiger partial charge in [-0.25, -0.2) is 12.2 Å². The van der Waals surface area contributed by atoms with Crippen LogP contribution in [0.5, 0.6) is 0 Å². The Bertz CT molecular complexity index is 216. The van der Waals surface area contributed by atoms with Gasteiger partial charge in [0, 0.05) is 0 Å². The van der Waals surface area contributed by atoms with Crippen molar-refractivity contribution in [3.05, 3.63) is 91.1 Å². The second kappa shape index (κ2) is 96.4. The Hall–Kier alpha value is -0.0213. The Morgan fingerprint density at radius 1 is 0.750 bits per heavy atom. The van der Waals surface area contributed by atoms with E-state index in [-0.39, 0.29) is 66.8 Å². The average Bonchev–Trinajstić information content (AvgIpc) is 2.44. The standard InChI is InChI=1S/C5H5.9CH3.4O.Os.Re/c1-2-4-5-3-1;;;;;;;;;;;;;;;/h1-3H,4H2;9*1H3;;;;;;/q10*-1;;;;;;. The molecule has 1 aliphatic carbocycles. The first-order valence-corrected chi connectivity index (χ1v) is 6.69. The van der Waals surface area contributed by atoms with Crippen LogP contribution in [0.4, 0.5) is 0 Å². The van der Waals surface area contributed by atoms with E-state index < -0.39 is 16.6 Å². The summed E-state index contributed by atoms with van der Waals surface area (Å²) in [7, 11) is 0. The van der Waals surface area contributed by atoms with Crippen molar-refractivity contribution in [1.29, 1.82) is 0 Å². The van der Waals surface area contributed by atoms with Crippen LogP contribution in [0.15, 0.2) is 18.2 Å². The van der Waals surface area contributed by atoms with E-state index >= 15 is 0 Å². The fraction of sp³-hybridized carbons (Fsp3) is 0.0714. The summed E-state index contributed by atoms with van der Waals surface area (Å²) in [5, 5.41) is 0. The Morgan fingerprint density at radius 3 is 1.05 bits per heavy atom. The van der Waals surface area contributed by atoms with Gasteiger partial charge in [0.1, 0.15) is 0 Å². The summed E-state index contributed by atoms with van der Waals surface area (Å²) in [5.74, 6) is 0. The summed E-state index contributed by atoms with van der Waals surface area (Å²) >= 11 is -3.60. The van der Waals surface area contributed by atoms with Gasteiger partial charge in [-0.15, -0.1) is 6.42 Å². The van der Waals surface area contributed by atoms with Crippen LogP contribution in [0.2, 0.25) is 0 Å². The molecule has 0 fully saturated rings. The Labute approximate surface area is 146 Å². The predicted molar refractivity (Wildman–Crippen MR) is 82.0 cm³/mol. The molecule has 4 nitrogen and oxygen atoms in total. The van der Waals surface area contributed by atoms with Crippen LogP contribution in [0.1, 0.15) is 6.42 Å². The third kappa shape index (κ3) is 209. The fourth-order valence-electron chi connectivity index (χ4n) is 0.340. The number of allylic oxidation sites excluding steroid dienone is 4. The molecule has 0 N–H and O–H groups in total. The molecule has 0 amide bonds. The maximum atomic E-state index is 8.60.